The summed E-state index contributed by atoms with van der Waals surface area (Å²) >= 11 is 1.36. The zero-order valence-corrected chi connectivity index (χ0v) is 13.3. The minimum absolute atomic E-state index is 0.235. The smallest absolute Gasteiger partial charge is 0.348 e. The van der Waals surface area contributed by atoms with Crippen molar-refractivity contribution in [1.82, 2.24) is 5.32 Å². The summed E-state index contributed by atoms with van der Waals surface area (Å²) in [5, 5.41) is 2.75. The molecule has 1 N–H and O–H groups in total. The Morgan fingerprint density at radius 2 is 1.91 bits per heavy atom. The minimum atomic E-state index is -0.447. The molecule has 0 fully saturated rings. The lowest BCUT2D eigenvalue weighted by Crippen LogP contribution is -2.29. The van der Waals surface area contributed by atoms with Gasteiger partial charge in [0.05, 0.1) is 0 Å². The molecule has 0 radical (unpaired) electrons. The van der Waals surface area contributed by atoms with Gasteiger partial charge in [-0.3, -0.25) is 4.79 Å². The van der Waals surface area contributed by atoms with E-state index in [0.717, 1.165) is 17.7 Å². The standard InChI is InChI=1S/C17H19NO3S/c1-13-9-10-15(22-13)17(20)21-12-16(19)18-11-5-8-14-6-3-2-4-7-14/h2-4,6-7,9-10H,5,8,11-12H2,1H3,(H,18,19). The normalized spacial score (nSPS) is 10.2. The number of rotatable bonds is 7. The molecule has 2 rings (SSSR count). The average Bonchev–Trinajstić information content (AvgIpc) is 2.97. The number of ether oxygens (including phenoxy) is 1. The topological polar surface area (TPSA) is 55.4 Å². The molecule has 0 aliphatic carbocycles. The molecule has 1 heterocycles. The van der Waals surface area contributed by atoms with E-state index < -0.39 is 5.97 Å². The first-order valence-electron chi connectivity index (χ1n) is 7.19. The molecule has 0 bridgehead atoms. The summed E-state index contributed by atoms with van der Waals surface area (Å²) in [6.07, 6.45) is 1.77. The molecule has 116 valence electrons. The van der Waals surface area contributed by atoms with Crippen LogP contribution in [0.3, 0.4) is 0 Å². The highest BCUT2D eigenvalue weighted by Crippen LogP contribution is 2.15. The van der Waals surface area contributed by atoms with Crippen LogP contribution in [-0.2, 0) is 16.0 Å². The Morgan fingerprint density at radius 1 is 1.14 bits per heavy atom. The lowest BCUT2D eigenvalue weighted by molar-refractivity contribution is -0.124. The number of thiophene rings is 1. The number of carbonyl (C=O) groups excluding carboxylic acids is 2. The van der Waals surface area contributed by atoms with Gasteiger partial charge in [0.25, 0.3) is 5.91 Å². The van der Waals surface area contributed by atoms with Gasteiger partial charge in [0, 0.05) is 11.4 Å². The molecule has 1 amide bonds. The van der Waals surface area contributed by atoms with Crippen LogP contribution in [0.1, 0.15) is 26.5 Å². The summed E-state index contributed by atoms with van der Waals surface area (Å²) in [5.41, 5.74) is 1.25. The molecule has 0 saturated carbocycles. The van der Waals surface area contributed by atoms with Crippen LogP contribution in [0.5, 0.6) is 0 Å². The third-order valence-electron chi connectivity index (χ3n) is 3.08. The van der Waals surface area contributed by atoms with Gasteiger partial charge in [-0.05, 0) is 37.5 Å². The second-order valence-corrected chi connectivity index (χ2v) is 6.21. The number of aryl methyl sites for hydroxylation is 2. The van der Waals surface area contributed by atoms with Crippen LogP contribution < -0.4 is 5.32 Å². The van der Waals surface area contributed by atoms with Crippen molar-refractivity contribution in [1.29, 1.82) is 0 Å². The van der Waals surface area contributed by atoms with E-state index in [0.29, 0.717) is 11.4 Å². The van der Waals surface area contributed by atoms with Crippen molar-refractivity contribution in [2.75, 3.05) is 13.2 Å². The molecule has 22 heavy (non-hydrogen) atoms. The van der Waals surface area contributed by atoms with Gasteiger partial charge in [-0.25, -0.2) is 4.79 Å². The van der Waals surface area contributed by atoms with E-state index in [2.05, 4.69) is 17.4 Å². The number of benzene rings is 1. The van der Waals surface area contributed by atoms with Crippen molar-refractivity contribution in [3.05, 3.63) is 57.8 Å². The summed E-state index contributed by atoms with van der Waals surface area (Å²) in [6, 6.07) is 13.7. The van der Waals surface area contributed by atoms with Crippen molar-refractivity contribution in [2.24, 2.45) is 0 Å². The van der Waals surface area contributed by atoms with E-state index in [4.69, 9.17) is 4.74 Å². The van der Waals surface area contributed by atoms with Gasteiger partial charge in [-0.2, -0.15) is 0 Å². The fourth-order valence-electron chi connectivity index (χ4n) is 1.96. The van der Waals surface area contributed by atoms with Gasteiger partial charge < -0.3 is 10.1 Å². The molecule has 0 atom stereocenters. The van der Waals surface area contributed by atoms with Crippen LogP contribution in [-0.4, -0.2) is 25.0 Å². The molecular formula is C17H19NO3S. The Hall–Kier alpha value is -2.14. The summed E-state index contributed by atoms with van der Waals surface area (Å²) < 4.78 is 4.98. The molecular weight excluding hydrogens is 298 g/mol. The highest BCUT2D eigenvalue weighted by Gasteiger charge is 2.11. The van der Waals surface area contributed by atoms with Crippen molar-refractivity contribution in [3.63, 3.8) is 0 Å². The van der Waals surface area contributed by atoms with Crippen molar-refractivity contribution in [2.45, 2.75) is 19.8 Å². The molecule has 1 aromatic carbocycles. The van der Waals surface area contributed by atoms with Gasteiger partial charge in [0.2, 0.25) is 0 Å². The maximum atomic E-state index is 11.7. The third-order valence-corrected chi connectivity index (χ3v) is 4.06. The summed E-state index contributed by atoms with van der Waals surface area (Å²) in [5.74, 6) is -0.716. The monoisotopic (exact) mass is 317 g/mol. The van der Waals surface area contributed by atoms with Gasteiger partial charge in [-0.15, -0.1) is 11.3 Å². The van der Waals surface area contributed by atoms with Crippen LogP contribution in [0, 0.1) is 6.92 Å². The predicted molar refractivity (Wildman–Crippen MR) is 87.1 cm³/mol. The van der Waals surface area contributed by atoms with E-state index in [9.17, 15) is 9.59 Å². The van der Waals surface area contributed by atoms with E-state index in [1.54, 1.807) is 6.07 Å². The quantitative estimate of drug-likeness (QED) is 0.631. The molecule has 0 aliphatic rings. The molecule has 4 nitrogen and oxygen atoms in total. The van der Waals surface area contributed by atoms with Gasteiger partial charge in [0.15, 0.2) is 6.61 Å². The molecule has 0 saturated heterocycles. The first-order valence-corrected chi connectivity index (χ1v) is 8.01. The second-order valence-electron chi connectivity index (χ2n) is 4.93. The Balaban J connectivity index is 1.61. The van der Waals surface area contributed by atoms with E-state index in [-0.39, 0.29) is 12.5 Å². The highest BCUT2D eigenvalue weighted by molar-refractivity contribution is 7.13. The first-order chi connectivity index (χ1) is 10.6. The number of hydrogen-bond donors (Lipinski definition) is 1. The molecule has 1 aromatic heterocycles. The van der Waals surface area contributed by atoms with E-state index in [1.165, 1.54) is 16.9 Å². The Bertz CT molecular complexity index is 622. The summed E-state index contributed by atoms with van der Waals surface area (Å²) in [4.78, 5) is 24.9. The number of nitrogens with one attached hydrogen (secondary N) is 1. The lowest BCUT2D eigenvalue weighted by atomic mass is 10.1. The average molecular weight is 317 g/mol. The number of carbonyl (C=O) groups is 2. The van der Waals surface area contributed by atoms with Gasteiger partial charge in [-0.1, -0.05) is 30.3 Å². The van der Waals surface area contributed by atoms with Crippen LogP contribution in [0.4, 0.5) is 0 Å². The van der Waals surface area contributed by atoms with E-state index in [1.807, 2.05) is 31.2 Å². The largest absolute Gasteiger partial charge is 0.451 e. The zero-order valence-electron chi connectivity index (χ0n) is 12.5. The van der Waals surface area contributed by atoms with Crippen LogP contribution >= 0.6 is 11.3 Å². The van der Waals surface area contributed by atoms with Gasteiger partial charge in [0.1, 0.15) is 4.88 Å². The minimum Gasteiger partial charge on any atom is -0.451 e. The highest BCUT2D eigenvalue weighted by atomic mass is 32.1. The Morgan fingerprint density at radius 3 is 2.59 bits per heavy atom. The van der Waals surface area contributed by atoms with E-state index >= 15 is 0 Å². The second kappa shape index (κ2) is 8.34. The maximum Gasteiger partial charge on any atom is 0.348 e. The summed E-state index contributed by atoms with van der Waals surface area (Å²) in [6.45, 7) is 2.26. The molecule has 0 spiro atoms. The Labute approximate surface area is 134 Å². The molecule has 0 unspecified atom stereocenters. The van der Waals surface area contributed by atoms with Crippen LogP contribution in [0.15, 0.2) is 42.5 Å². The zero-order chi connectivity index (χ0) is 15.8. The SMILES string of the molecule is Cc1ccc(C(=O)OCC(=O)NCCCc2ccccc2)s1. The fraction of sp³-hybridized carbons (Fsp3) is 0.294. The van der Waals surface area contributed by atoms with Crippen LogP contribution in [0.25, 0.3) is 0 Å². The number of amides is 1. The predicted octanol–water partition coefficient (Wildman–Crippen LogP) is 2.96. The van der Waals surface area contributed by atoms with Crippen molar-refractivity contribution in [3.8, 4) is 0 Å². The molecule has 2 aromatic rings. The maximum absolute atomic E-state index is 11.7. The first kappa shape index (κ1) is 16.2. The Kier molecular flexibility index (Phi) is 6.15. The molecule has 5 heteroatoms. The van der Waals surface area contributed by atoms with Crippen LogP contribution in [0.2, 0.25) is 0 Å². The lowest BCUT2D eigenvalue weighted by Gasteiger charge is -2.06. The third kappa shape index (κ3) is 5.33. The number of hydrogen-bond acceptors (Lipinski definition) is 4. The van der Waals surface area contributed by atoms with Gasteiger partial charge >= 0.3 is 5.97 Å². The van der Waals surface area contributed by atoms with Crippen molar-refractivity contribution < 1.29 is 14.3 Å². The summed E-state index contributed by atoms with van der Waals surface area (Å²) in [7, 11) is 0. The number of esters is 1. The molecule has 0 aliphatic heterocycles. The van der Waals surface area contributed by atoms with Crippen molar-refractivity contribution >= 4 is 23.2 Å². The fourth-order valence-corrected chi connectivity index (χ4v) is 2.72.